The summed E-state index contributed by atoms with van der Waals surface area (Å²) in [6.45, 7) is 4.07. The zero-order chi connectivity index (χ0) is 18.7. The summed E-state index contributed by atoms with van der Waals surface area (Å²) in [5, 5.41) is 11.4. The van der Waals surface area contributed by atoms with Gasteiger partial charge in [-0.25, -0.2) is 4.79 Å². The number of nitrogens with zero attached hydrogens (tertiary/aromatic N) is 3. The highest BCUT2D eigenvalue weighted by Crippen LogP contribution is 2.37. The molecular weight excluding hydrogens is 390 g/mol. The van der Waals surface area contributed by atoms with Crippen LogP contribution in [0.15, 0.2) is 29.6 Å². The number of aromatic nitrogens is 3. The van der Waals surface area contributed by atoms with Crippen molar-refractivity contribution in [3.63, 3.8) is 0 Å². The molecule has 5 nitrogen and oxygen atoms in total. The maximum atomic E-state index is 11.5. The Bertz CT molecular complexity index is 919. The van der Waals surface area contributed by atoms with E-state index in [0.717, 1.165) is 38.8 Å². The predicted octanol–water partition coefficient (Wildman–Crippen LogP) is 5.01. The molecule has 0 amide bonds. The maximum absolute atomic E-state index is 11.5. The van der Waals surface area contributed by atoms with Gasteiger partial charge < -0.3 is 4.74 Å². The number of aryl methyl sites for hydroxylation is 1. The number of esters is 1. The fraction of sp³-hybridized carbons (Fsp3) is 0.278. The fourth-order valence-electron chi connectivity index (χ4n) is 2.45. The van der Waals surface area contributed by atoms with Crippen molar-refractivity contribution in [2.24, 2.45) is 0 Å². The minimum atomic E-state index is -0.332. The number of benzene rings is 1. The first-order valence-corrected chi connectivity index (χ1v) is 10.2. The van der Waals surface area contributed by atoms with Crippen LogP contribution >= 0.6 is 34.9 Å². The van der Waals surface area contributed by atoms with Gasteiger partial charge in [0, 0.05) is 5.75 Å². The van der Waals surface area contributed by atoms with Crippen molar-refractivity contribution < 1.29 is 9.53 Å². The molecule has 0 radical (unpaired) electrons. The average molecular weight is 408 g/mol. The van der Waals surface area contributed by atoms with E-state index in [9.17, 15) is 4.79 Å². The second-order valence-corrected chi connectivity index (χ2v) is 7.79. The highest BCUT2D eigenvalue weighted by Gasteiger charge is 2.19. The highest BCUT2D eigenvalue weighted by molar-refractivity contribution is 7.96. The number of carbonyl (C=O) groups is 1. The zero-order valence-electron chi connectivity index (χ0n) is 14.7. The molecule has 26 heavy (non-hydrogen) atoms. The van der Waals surface area contributed by atoms with Crippen molar-refractivity contribution in [2.75, 3.05) is 7.11 Å². The number of hydrogen-bond acceptors (Lipinski definition) is 6. The van der Waals surface area contributed by atoms with Crippen LogP contribution in [-0.2, 0) is 16.9 Å². The molecule has 0 saturated heterocycles. The van der Waals surface area contributed by atoms with Gasteiger partial charge in [0.1, 0.15) is 5.69 Å². The summed E-state index contributed by atoms with van der Waals surface area (Å²) >= 11 is 9.55. The Morgan fingerprint density at radius 2 is 2.08 bits per heavy atom. The molecule has 0 aliphatic carbocycles. The van der Waals surface area contributed by atoms with Gasteiger partial charge in [-0.2, -0.15) is 4.09 Å². The first-order valence-electron chi connectivity index (χ1n) is 8.04. The standard InChI is InChI=1S/C18H18ClN3O2S2/c1-4-14-16(17-15(19)11(2)9-25-17)20-21-22(14)26-10-12-5-7-13(8-6-12)18(23)24-3/h5-9H,4,10H2,1-3H3. The van der Waals surface area contributed by atoms with Crippen molar-refractivity contribution in [3.8, 4) is 10.6 Å². The summed E-state index contributed by atoms with van der Waals surface area (Å²) in [4.78, 5) is 12.5. The summed E-state index contributed by atoms with van der Waals surface area (Å²) in [7, 11) is 1.38. The Balaban J connectivity index is 1.76. The minimum absolute atomic E-state index is 0.332. The molecule has 2 aromatic heterocycles. The second kappa shape index (κ2) is 8.24. The van der Waals surface area contributed by atoms with Crippen LogP contribution in [0, 0.1) is 6.92 Å². The molecule has 0 saturated carbocycles. The molecule has 0 aliphatic heterocycles. The second-order valence-electron chi connectivity index (χ2n) is 5.63. The molecule has 0 atom stereocenters. The largest absolute Gasteiger partial charge is 0.465 e. The average Bonchev–Trinajstić information content (AvgIpc) is 3.22. The molecule has 136 valence electrons. The van der Waals surface area contributed by atoms with Crippen LogP contribution in [0.1, 0.15) is 34.1 Å². The van der Waals surface area contributed by atoms with Crippen LogP contribution in [-0.4, -0.2) is 27.5 Å². The summed E-state index contributed by atoms with van der Waals surface area (Å²) in [5.41, 5.74) is 4.59. The number of hydrogen-bond donors (Lipinski definition) is 0. The third-order valence-electron chi connectivity index (χ3n) is 3.91. The molecule has 0 fully saturated rings. The smallest absolute Gasteiger partial charge is 0.337 e. The molecule has 3 rings (SSSR count). The van der Waals surface area contributed by atoms with Crippen LogP contribution in [0.5, 0.6) is 0 Å². The lowest BCUT2D eigenvalue weighted by Crippen LogP contribution is -2.01. The van der Waals surface area contributed by atoms with Gasteiger partial charge in [-0.15, -0.1) is 16.4 Å². The fourth-order valence-corrected chi connectivity index (χ4v) is 4.66. The molecule has 8 heteroatoms. The van der Waals surface area contributed by atoms with Crippen LogP contribution < -0.4 is 0 Å². The summed E-state index contributed by atoms with van der Waals surface area (Å²) < 4.78 is 6.57. The van der Waals surface area contributed by atoms with E-state index in [2.05, 4.69) is 17.2 Å². The van der Waals surface area contributed by atoms with Gasteiger partial charge in [0.05, 0.1) is 28.3 Å². The van der Waals surface area contributed by atoms with E-state index in [0.29, 0.717) is 11.3 Å². The third kappa shape index (κ3) is 3.79. The van der Waals surface area contributed by atoms with E-state index in [1.54, 1.807) is 35.4 Å². The van der Waals surface area contributed by atoms with Crippen LogP contribution in [0.25, 0.3) is 10.6 Å². The Labute approximate surface area is 165 Å². The SMILES string of the molecule is CCc1c(-c2scc(C)c2Cl)nnn1SCc1ccc(C(=O)OC)cc1. The van der Waals surface area contributed by atoms with Gasteiger partial charge in [-0.1, -0.05) is 35.9 Å². The predicted molar refractivity (Wildman–Crippen MR) is 107 cm³/mol. The first-order chi connectivity index (χ1) is 12.5. The topological polar surface area (TPSA) is 57.0 Å². The van der Waals surface area contributed by atoms with Crippen LogP contribution in [0.4, 0.5) is 0 Å². The third-order valence-corrected chi connectivity index (χ3v) is 6.61. The summed E-state index contributed by atoms with van der Waals surface area (Å²) in [5.74, 6) is 0.385. The van der Waals surface area contributed by atoms with Crippen molar-refractivity contribution in [3.05, 3.63) is 57.1 Å². The Hall–Kier alpha value is -1.83. The number of methoxy groups -OCH3 is 1. The molecule has 0 N–H and O–H groups in total. The van der Waals surface area contributed by atoms with Crippen LogP contribution in [0.3, 0.4) is 0 Å². The number of rotatable bonds is 6. The maximum Gasteiger partial charge on any atom is 0.337 e. The summed E-state index contributed by atoms with van der Waals surface area (Å²) in [6, 6.07) is 7.37. The van der Waals surface area contributed by atoms with Crippen molar-refractivity contribution >= 4 is 40.9 Å². The summed E-state index contributed by atoms with van der Waals surface area (Å²) in [6.07, 6.45) is 0.809. The van der Waals surface area contributed by atoms with Crippen molar-refractivity contribution in [2.45, 2.75) is 26.0 Å². The lowest BCUT2D eigenvalue weighted by atomic mass is 10.1. The first kappa shape index (κ1) is 18.9. The number of carbonyl (C=O) groups excluding carboxylic acids is 1. The van der Waals surface area contributed by atoms with E-state index in [1.807, 2.05) is 28.5 Å². The monoisotopic (exact) mass is 407 g/mol. The molecule has 0 unspecified atom stereocenters. The highest BCUT2D eigenvalue weighted by atomic mass is 35.5. The van der Waals surface area contributed by atoms with E-state index >= 15 is 0 Å². The van der Waals surface area contributed by atoms with Gasteiger partial charge in [-0.3, -0.25) is 0 Å². The van der Waals surface area contributed by atoms with E-state index in [4.69, 9.17) is 16.3 Å². The van der Waals surface area contributed by atoms with Gasteiger partial charge in [0.2, 0.25) is 0 Å². The minimum Gasteiger partial charge on any atom is -0.465 e. The van der Waals surface area contributed by atoms with Crippen molar-refractivity contribution in [1.29, 1.82) is 0 Å². The number of halogens is 1. The zero-order valence-corrected chi connectivity index (χ0v) is 17.0. The van der Waals surface area contributed by atoms with Gasteiger partial charge in [-0.05, 0) is 53.9 Å². The van der Waals surface area contributed by atoms with Crippen LogP contribution in [0.2, 0.25) is 5.02 Å². The lowest BCUT2D eigenvalue weighted by molar-refractivity contribution is 0.0600. The lowest BCUT2D eigenvalue weighted by Gasteiger charge is -2.06. The molecule has 3 aromatic rings. The quantitative estimate of drug-likeness (QED) is 0.537. The Morgan fingerprint density at radius 1 is 1.35 bits per heavy atom. The Morgan fingerprint density at radius 3 is 2.65 bits per heavy atom. The molecule has 0 bridgehead atoms. The van der Waals surface area contributed by atoms with Crippen molar-refractivity contribution in [1.82, 2.24) is 14.4 Å². The van der Waals surface area contributed by atoms with Gasteiger partial charge >= 0.3 is 5.97 Å². The van der Waals surface area contributed by atoms with E-state index in [1.165, 1.54) is 7.11 Å². The molecule has 0 aliphatic rings. The number of thiophene rings is 1. The molecule has 2 heterocycles. The Kier molecular flexibility index (Phi) is 6.01. The normalized spacial score (nSPS) is 10.9. The molecular formula is C18H18ClN3O2S2. The van der Waals surface area contributed by atoms with Gasteiger partial charge in [0.15, 0.2) is 0 Å². The van der Waals surface area contributed by atoms with E-state index < -0.39 is 0 Å². The van der Waals surface area contributed by atoms with E-state index in [-0.39, 0.29) is 5.97 Å². The van der Waals surface area contributed by atoms with Gasteiger partial charge in [0.25, 0.3) is 0 Å². The number of ether oxygens (including phenoxy) is 1. The molecule has 0 spiro atoms. The molecule has 1 aromatic carbocycles.